The van der Waals surface area contributed by atoms with Crippen LogP contribution in [0.15, 0.2) is 35.5 Å². The zero-order valence-electron chi connectivity index (χ0n) is 18.7. The van der Waals surface area contributed by atoms with Gasteiger partial charge in [-0.15, -0.1) is 10.2 Å². The molecule has 1 N–H and O–H groups in total. The Labute approximate surface area is 194 Å². The van der Waals surface area contributed by atoms with Gasteiger partial charge in [0.15, 0.2) is 22.5 Å². The van der Waals surface area contributed by atoms with E-state index in [1.54, 1.807) is 36.7 Å². The van der Waals surface area contributed by atoms with E-state index in [4.69, 9.17) is 14.2 Å². The molecule has 0 saturated carbocycles. The first kappa shape index (κ1) is 23.9. The number of hydrogen-bond acceptors (Lipinski definition) is 9. The summed E-state index contributed by atoms with van der Waals surface area (Å²) in [5.41, 5.74) is 1.73. The van der Waals surface area contributed by atoms with Crippen molar-refractivity contribution in [2.24, 2.45) is 7.05 Å². The van der Waals surface area contributed by atoms with Crippen molar-refractivity contribution in [1.29, 1.82) is 0 Å². The number of non-ortho nitro benzene ring substituents is 1. The van der Waals surface area contributed by atoms with Crippen LogP contribution in [-0.2, 0) is 11.8 Å². The second kappa shape index (κ2) is 10.2. The summed E-state index contributed by atoms with van der Waals surface area (Å²) in [5, 5.41) is 22.6. The third kappa shape index (κ3) is 5.17. The van der Waals surface area contributed by atoms with Crippen molar-refractivity contribution in [2.75, 3.05) is 32.4 Å². The molecule has 174 valence electrons. The van der Waals surface area contributed by atoms with Crippen LogP contribution in [0.4, 0.5) is 11.4 Å². The zero-order chi connectivity index (χ0) is 24.1. The number of carbonyl (C=O) groups is 1. The molecule has 0 fully saturated rings. The van der Waals surface area contributed by atoms with Gasteiger partial charge in [0.1, 0.15) is 0 Å². The Bertz CT molecular complexity index is 1170. The van der Waals surface area contributed by atoms with Gasteiger partial charge in [-0.1, -0.05) is 17.8 Å². The summed E-state index contributed by atoms with van der Waals surface area (Å²) in [7, 11) is 6.36. The van der Waals surface area contributed by atoms with Crippen molar-refractivity contribution in [2.45, 2.75) is 12.1 Å². The van der Waals surface area contributed by atoms with Crippen LogP contribution >= 0.6 is 11.8 Å². The molecule has 0 aliphatic rings. The predicted molar refractivity (Wildman–Crippen MR) is 123 cm³/mol. The molecule has 2 aromatic carbocycles. The molecule has 0 radical (unpaired) electrons. The van der Waals surface area contributed by atoms with Crippen molar-refractivity contribution in [3.63, 3.8) is 0 Å². The van der Waals surface area contributed by atoms with Crippen molar-refractivity contribution in [1.82, 2.24) is 14.8 Å². The average Bonchev–Trinajstić information content (AvgIpc) is 3.18. The number of benzene rings is 2. The summed E-state index contributed by atoms with van der Waals surface area (Å²) in [6, 6.07) is 7.84. The molecule has 1 aromatic heterocycles. The number of nitrogens with zero attached hydrogens (tertiary/aromatic N) is 4. The number of nitro groups is 1. The molecule has 0 aliphatic carbocycles. The highest BCUT2D eigenvalue weighted by molar-refractivity contribution is 7.99. The molecule has 0 atom stereocenters. The third-order valence-corrected chi connectivity index (χ3v) is 5.82. The maximum absolute atomic E-state index is 12.4. The molecular formula is C21H23N5O6S. The number of nitro benzene ring substituents is 1. The molecule has 12 heteroatoms. The van der Waals surface area contributed by atoms with Gasteiger partial charge in [-0.05, 0) is 24.6 Å². The highest BCUT2D eigenvalue weighted by Gasteiger charge is 2.19. The number of aryl methyl sites for hydroxylation is 1. The minimum Gasteiger partial charge on any atom is -0.493 e. The number of hydrogen-bond donors (Lipinski definition) is 1. The molecule has 3 aromatic rings. The molecule has 1 amide bonds. The van der Waals surface area contributed by atoms with E-state index in [0.717, 1.165) is 5.56 Å². The van der Waals surface area contributed by atoms with Crippen molar-refractivity contribution in [3.05, 3.63) is 46.0 Å². The minimum atomic E-state index is -0.506. The van der Waals surface area contributed by atoms with Gasteiger partial charge in [0, 0.05) is 24.7 Å². The van der Waals surface area contributed by atoms with Gasteiger partial charge in [0.25, 0.3) is 5.69 Å². The molecule has 3 rings (SSSR count). The average molecular weight is 474 g/mol. The van der Waals surface area contributed by atoms with Crippen LogP contribution in [0.5, 0.6) is 17.2 Å². The van der Waals surface area contributed by atoms with Gasteiger partial charge >= 0.3 is 0 Å². The van der Waals surface area contributed by atoms with Gasteiger partial charge in [-0.3, -0.25) is 14.9 Å². The van der Waals surface area contributed by atoms with E-state index in [1.807, 2.05) is 0 Å². The molecule has 0 aliphatic heterocycles. The standard InChI is InChI=1S/C21H23N5O6S/c1-12-6-7-14(26(28)29)10-15(12)22-18(27)11-33-21-24-23-20(25(21)2)13-8-16(30-3)19(32-5)17(9-13)31-4/h6-10H,11H2,1-5H3,(H,22,27). The van der Waals surface area contributed by atoms with Crippen molar-refractivity contribution in [3.8, 4) is 28.6 Å². The fraction of sp³-hybridized carbons (Fsp3) is 0.286. The Morgan fingerprint density at radius 2 is 1.79 bits per heavy atom. The third-order valence-electron chi connectivity index (χ3n) is 4.80. The minimum absolute atomic E-state index is 0.0450. The monoisotopic (exact) mass is 473 g/mol. The Balaban J connectivity index is 1.75. The summed E-state index contributed by atoms with van der Waals surface area (Å²) in [4.78, 5) is 22.9. The van der Waals surface area contributed by atoms with Gasteiger partial charge in [-0.25, -0.2) is 0 Å². The Hall–Kier alpha value is -3.80. The quantitative estimate of drug-likeness (QED) is 0.282. The molecule has 0 bridgehead atoms. The van der Waals surface area contributed by atoms with Crippen LogP contribution in [0, 0.1) is 17.0 Å². The molecule has 0 saturated heterocycles. The highest BCUT2D eigenvalue weighted by Crippen LogP contribution is 2.41. The SMILES string of the molecule is COc1cc(-c2nnc(SCC(=O)Nc3cc([N+](=O)[O-])ccc3C)n2C)cc(OC)c1OC. The van der Waals surface area contributed by atoms with Crippen LogP contribution in [0.1, 0.15) is 5.56 Å². The van der Waals surface area contributed by atoms with Crippen LogP contribution in [0.3, 0.4) is 0 Å². The summed E-state index contributed by atoms with van der Waals surface area (Å²) in [5.74, 6) is 1.70. The van der Waals surface area contributed by atoms with Crippen molar-refractivity contribution >= 4 is 29.0 Å². The number of methoxy groups -OCH3 is 3. The maximum atomic E-state index is 12.4. The lowest BCUT2D eigenvalue weighted by Gasteiger charge is -2.14. The number of rotatable bonds is 9. The van der Waals surface area contributed by atoms with E-state index in [1.165, 1.54) is 45.2 Å². The normalized spacial score (nSPS) is 10.6. The molecular weight excluding hydrogens is 450 g/mol. The largest absolute Gasteiger partial charge is 0.493 e. The molecule has 11 nitrogen and oxygen atoms in total. The first-order valence-corrected chi connectivity index (χ1v) is 10.6. The smallest absolute Gasteiger partial charge is 0.271 e. The highest BCUT2D eigenvalue weighted by atomic mass is 32.2. The number of anilines is 1. The van der Waals surface area contributed by atoms with Crippen LogP contribution < -0.4 is 19.5 Å². The van der Waals surface area contributed by atoms with E-state index >= 15 is 0 Å². The number of nitrogens with one attached hydrogen (secondary N) is 1. The molecule has 1 heterocycles. The number of amides is 1. The first-order valence-electron chi connectivity index (χ1n) is 9.66. The van der Waals surface area contributed by atoms with Gasteiger partial charge < -0.3 is 24.1 Å². The summed E-state index contributed by atoms with van der Waals surface area (Å²) in [6.07, 6.45) is 0. The topological polar surface area (TPSA) is 131 Å². The second-order valence-corrected chi connectivity index (χ2v) is 7.81. The molecule has 33 heavy (non-hydrogen) atoms. The lowest BCUT2D eigenvalue weighted by molar-refractivity contribution is -0.384. The fourth-order valence-corrected chi connectivity index (χ4v) is 3.79. The van der Waals surface area contributed by atoms with Gasteiger partial charge in [0.05, 0.1) is 37.7 Å². The maximum Gasteiger partial charge on any atom is 0.271 e. The van der Waals surface area contributed by atoms with Gasteiger partial charge in [0.2, 0.25) is 11.7 Å². The van der Waals surface area contributed by atoms with E-state index in [9.17, 15) is 14.9 Å². The number of aromatic nitrogens is 3. The summed E-state index contributed by atoms with van der Waals surface area (Å²) in [6.45, 7) is 1.76. The summed E-state index contributed by atoms with van der Waals surface area (Å²) < 4.78 is 17.9. The molecule has 0 spiro atoms. The number of thioether (sulfide) groups is 1. The van der Waals surface area contributed by atoms with Crippen LogP contribution in [-0.4, -0.2) is 52.7 Å². The molecule has 0 unspecified atom stereocenters. The van der Waals surface area contributed by atoms with Crippen LogP contribution in [0.25, 0.3) is 11.4 Å². The number of carbonyl (C=O) groups excluding carboxylic acids is 1. The van der Waals surface area contributed by atoms with E-state index in [0.29, 0.717) is 39.5 Å². The fourth-order valence-electron chi connectivity index (χ4n) is 3.08. The Morgan fingerprint density at radius 3 is 2.36 bits per heavy atom. The van der Waals surface area contributed by atoms with Gasteiger partial charge in [-0.2, -0.15) is 0 Å². The second-order valence-electron chi connectivity index (χ2n) is 6.87. The van der Waals surface area contributed by atoms with Crippen LogP contribution in [0.2, 0.25) is 0 Å². The van der Waals surface area contributed by atoms with E-state index < -0.39 is 4.92 Å². The lowest BCUT2D eigenvalue weighted by Crippen LogP contribution is -2.15. The predicted octanol–water partition coefficient (Wildman–Crippen LogP) is 3.46. The Morgan fingerprint density at radius 1 is 1.12 bits per heavy atom. The number of ether oxygens (including phenoxy) is 3. The summed E-state index contributed by atoms with van der Waals surface area (Å²) >= 11 is 1.19. The Kier molecular flexibility index (Phi) is 7.38. The van der Waals surface area contributed by atoms with E-state index in [-0.39, 0.29) is 17.3 Å². The van der Waals surface area contributed by atoms with Crippen molar-refractivity contribution < 1.29 is 23.9 Å². The first-order chi connectivity index (χ1) is 15.8. The zero-order valence-corrected chi connectivity index (χ0v) is 19.6. The van der Waals surface area contributed by atoms with E-state index in [2.05, 4.69) is 15.5 Å². The lowest BCUT2D eigenvalue weighted by atomic mass is 10.1.